The summed E-state index contributed by atoms with van der Waals surface area (Å²) in [6.45, 7) is 7.64. The zero-order valence-electron chi connectivity index (χ0n) is 17.5. The van der Waals surface area contributed by atoms with Crippen molar-refractivity contribution in [2.75, 3.05) is 51.3 Å². The Morgan fingerprint density at radius 2 is 2.17 bits per heavy atom. The number of pyridine rings is 1. The van der Waals surface area contributed by atoms with Crippen LogP contribution in [-0.4, -0.2) is 71.6 Å². The number of thiazole rings is 1. The smallest absolute Gasteiger partial charge is 0.252 e. The molecule has 160 valence electrons. The summed E-state index contributed by atoms with van der Waals surface area (Å²) in [5.41, 5.74) is 2.49. The molecule has 8 nitrogen and oxygen atoms in total. The van der Waals surface area contributed by atoms with E-state index < -0.39 is 0 Å². The number of anilines is 1. The molecule has 0 aliphatic carbocycles. The number of rotatable bonds is 8. The summed E-state index contributed by atoms with van der Waals surface area (Å²) in [6, 6.07) is 3.76. The van der Waals surface area contributed by atoms with Gasteiger partial charge in [0.15, 0.2) is 0 Å². The van der Waals surface area contributed by atoms with Crippen LogP contribution in [0.25, 0.3) is 5.65 Å². The number of carbonyl (C=O) groups excluding carboxylic acids is 1. The molecule has 1 aliphatic rings. The number of morpholine rings is 1. The van der Waals surface area contributed by atoms with Gasteiger partial charge in [0.2, 0.25) is 0 Å². The van der Waals surface area contributed by atoms with Gasteiger partial charge >= 0.3 is 0 Å². The summed E-state index contributed by atoms with van der Waals surface area (Å²) in [4.78, 5) is 26.3. The fourth-order valence-electron chi connectivity index (χ4n) is 3.72. The van der Waals surface area contributed by atoms with E-state index >= 15 is 0 Å². The number of nitrogens with one attached hydrogen (secondary N) is 1. The van der Waals surface area contributed by atoms with Crippen LogP contribution in [0.1, 0.15) is 28.0 Å². The van der Waals surface area contributed by atoms with E-state index in [0.717, 1.165) is 61.4 Å². The molecule has 4 heterocycles. The normalized spacial score (nSPS) is 14.9. The lowest BCUT2D eigenvalue weighted by atomic mass is 10.2. The number of ether oxygens (including phenoxy) is 1. The number of hydrogen-bond donors (Lipinski definition) is 1. The lowest BCUT2D eigenvalue weighted by Gasteiger charge is -2.26. The highest BCUT2D eigenvalue weighted by Gasteiger charge is 2.18. The van der Waals surface area contributed by atoms with Crippen molar-refractivity contribution in [1.82, 2.24) is 24.6 Å². The molecule has 1 amide bonds. The van der Waals surface area contributed by atoms with Gasteiger partial charge in [-0.2, -0.15) is 0 Å². The largest absolute Gasteiger partial charge is 0.379 e. The summed E-state index contributed by atoms with van der Waals surface area (Å²) in [7, 11) is 2.04. The highest BCUT2D eigenvalue weighted by molar-refractivity contribution is 7.09. The molecule has 1 saturated heterocycles. The van der Waals surface area contributed by atoms with Crippen LogP contribution in [-0.2, 0) is 17.7 Å². The minimum atomic E-state index is -0.0644. The monoisotopic (exact) mass is 428 g/mol. The van der Waals surface area contributed by atoms with Crippen LogP contribution >= 0.6 is 11.3 Å². The van der Waals surface area contributed by atoms with Crippen molar-refractivity contribution in [2.45, 2.75) is 19.9 Å². The van der Waals surface area contributed by atoms with Crippen molar-refractivity contribution in [3.63, 3.8) is 0 Å². The van der Waals surface area contributed by atoms with E-state index in [1.807, 2.05) is 41.4 Å². The first-order valence-corrected chi connectivity index (χ1v) is 11.2. The van der Waals surface area contributed by atoms with Crippen LogP contribution in [0.15, 0.2) is 29.9 Å². The molecule has 0 spiro atoms. The molecule has 1 fully saturated rings. The zero-order chi connectivity index (χ0) is 20.9. The fraction of sp³-hybridized carbons (Fsp3) is 0.476. The van der Waals surface area contributed by atoms with E-state index in [0.29, 0.717) is 18.7 Å². The van der Waals surface area contributed by atoms with Gasteiger partial charge in [-0.05, 0) is 18.6 Å². The van der Waals surface area contributed by atoms with Gasteiger partial charge < -0.3 is 15.0 Å². The Bertz CT molecular complexity index is 981. The molecule has 0 atom stereocenters. The highest BCUT2D eigenvalue weighted by atomic mass is 32.1. The van der Waals surface area contributed by atoms with Gasteiger partial charge in [0.25, 0.3) is 5.91 Å². The van der Waals surface area contributed by atoms with Crippen molar-refractivity contribution in [3.05, 3.63) is 46.2 Å². The Labute approximate surface area is 180 Å². The number of fused-ring (bicyclic) bond motifs is 1. The number of hydrogen-bond acceptors (Lipinski definition) is 7. The topological polar surface area (TPSA) is 75.0 Å². The number of aryl methyl sites for hydroxylation is 1. The maximum absolute atomic E-state index is 12.7. The van der Waals surface area contributed by atoms with E-state index in [-0.39, 0.29) is 5.91 Å². The van der Waals surface area contributed by atoms with Gasteiger partial charge in [-0.1, -0.05) is 6.92 Å². The summed E-state index contributed by atoms with van der Waals surface area (Å²) in [5, 5.41) is 6.07. The number of carbonyl (C=O) groups is 1. The summed E-state index contributed by atoms with van der Waals surface area (Å²) >= 11 is 1.64. The number of imidazole rings is 1. The molecule has 0 aromatic carbocycles. The molecule has 3 aromatic rings. The Kier molecular flexibility index (Phi) is 6.61. The van der Waals surface area contributed by atoms with E-state index in [9.17, 15) is 4.79 Å². The molecule has 1 aliphatic heterocycles. The van der Waals surface area contributed by atoms with Crippen molar-refractivity contribution in [3.8, 4) is 0 Å². The lowest BCUT2D eigenvalue weighted by Crippen LogP contribution is -2.41. The minimum absolute atomic E-state index is 0.0644. The quantitative estimate of drug-likeness (QED) is 0.592. The predicted molar refractivity (Wildman–Crippen MR) is 118 cm³/mol. The zero-order valence-corrected chi connectivity index (χ0v) is 18.3. The molecule has 0 unspecified atom stereocenters. The van der Waals surface area contributed by atoms with Crippen LogP contribution in [0.4, 0.5) is 5.82 Å². The van der Waals surface area contributed by atoms with Gasteiger partial charge in [0, 0.05) is 51.0 Å². The second-order valence-corrected chi connectivity index (χ2v) is 8.35. The molecule has 9 heteroatoms. The Morgan fingerprint density at radius 1 is 1.33 bits per heavy atom. The average Bonchev–Trinajstić information content (AvgIpc) is 3.41. The van der Waals surface area contributed by atoms with Crippen molar-refractivity contribution < 1.29 is 9.53 Å². The molecular formula is C21H28N6O2S. The van der Waals surface area contributed by atoms with E-state index in [2.05, 4.69) is 27.0 Å². The summed E-state index contributed by atoms with van der Waals surface area (Å²) in [5.74, 6) is 0.941. The van der Waals surface area contributed by atoms with Crippen LogP contribution in [0.2, 0.25) is 0 Å². The molecule has 0 radical (unpaired) electrons. The molecule has 0 saturated carbocycles. The molecule has 3 aromatic heterocycles. The Hall–Kier alpha value is -2.49. The highest BCUT2D eigenvalue weighted by Crippen LogP contribution is 2.25. The first kappa shape index (κ1) is 20.8. The predicted octanol–water partition coefficient (Wildman–Crippen LogP) is 2.05. The number of amides is 1. The maximum Gasteiger partial charge on any atom is 0.252 e. The minimum Gasteiger partial charge on any atom is -0.379 e. The Balaban J connectivity index is 1.49. The van der Waals surface area contributed by atoms with E-state index in [1.165, 1.54) is 0 Å². The SMILES string of the molecule is CCc1nc2ccc(C(=O)NCCN3CCOCC3)cn2c1N(C)Cc1nccs1. The molecule has 30 heavy (non-hydrogen) atoms. The molecule has 1 N–H and O–H groups in total. The first-order valence-electron chi connectivity index (χ1n) is 10.3. The third-order valence-corrected chi connectivity index (χ3v) is 6.06. The van der Waals surface area contributed by atoms with Crippen LogP contribution in [0.3, 0.4) is 0 Å². The van der Waals surface area contributed by atoms with E-state index in [1.54, 1.807) is 11.3 Å². The second-order valence-electron chi connectivity index (χ2n) is 7.37. The average molecular weight is 429 g/mol. The first-order chi connectivity index (χ1) is 14.7. The fourth-order valence-corrected chi connectivity index (χ4v) is 4.39. The molecule has 0 bridgehead atoms. The number of aromatic nitrogens is 3. The van der Waals surface area contributed by atoms with Gasteiger partial charge in [0.05, 0.1) is 31.0 Å². The maximum atomic E-state index is 12.7. The number of nitrogens with zero attached hydrogens (tertiary/aromatic N) is 5. The standard InChI is InChI=1S/C21H28N6O2S/c1-3-17-21(25(2)15-19-22-7-13-30-19)27-14-16(4-5-18(27)24-17)20(28)23-6-8-26-9-11-29-12-10-26/h4-5,7,13-14H,3,6,8-12,15H2,1-2H3,(H,23,28). The Morgan fingerprint density at radius 3 is 2.90 bits per heavy atom. The third-order valence-electron chi connectivity index (χ3n) is 5.29. The second kappa shape index (κ2) is 9.55. The van der Waals surface area contributed by atoms with Gasteiger partial charge in [-0.15, -0.1) is 11.3 Å². The third kappa shape index (κ3) is 4.63. The lowest BCUT2D eigenvalue weighted by molar-refractivity contribution is 0.0383. The van der Waals surface area contributed by atoms with Crippen molar-refractivity contribution >= 4 is 28.7 Å². The van der Waals surface area contributed by atoms with Gasteiger partial charge in [-0.25, -0.2) is 9.97 Å². The van der Waals surface area contributed by atoms with Crippen LogP contribution < -0.4 is 10.2 Å². The van der Waals surface area contributed by atoms with Crippen molar-refractivity contribution in [1.29, 1.82) is 0 Å². The molecular weight excluding hydrogens is 400 g/mol. The van der Waals surface area contributed by atoms with Crippen molar-refractivity contribution in [2.24, 2.45) is 0 Å². The van der Waals surface area contributed by atoms with Gasteiger partial charge in [0.1, 0.15) is 16.5 Å². The van der Waals surface area contributed by atoms with E-state index in [4.69, 9.17) is 9.72 Å². The summed E-state index contributed by atoms with van der Waals surface area (Å²) < 4.78 is 7.38. The van der Waals surface area contributed by atoms with Crippen LogP contribution in [0, 0.1) is 0 Å². The van der Waals surface area contributed by atoms with Crippen LogP contribution in [0.5, 0.6) is 0 Å². The van der Waals surface area contributed by atoms with Gasteiger partial charge in [-0.3, -0.25) is 14.1 Å². The molecule has 4 rings (SSSR count). The summed E-state index contributed by atoms with van der Waals surface area (Å²) in [6.07, 6.45) is 4.53.